The van der Waals surface area contributed by atoms with E-state index in [2.05, 4.69) is 0 Å². The molecule has 0 bridgehead atoms. The van der Waals surface area contributed by atoms with Gasteiger partial charge < -0.3 is 37.6 Å². The zero-order chi connectivity index (χ0) is 22.1. The summed E-state index contributed by atoms with van der Waals surface area (Å²) in [6, 6.07) is 1.48. The van der Waals surface area contributed by atoms with Gasteiger partial charge in [-0.15, -0.1) is 0 Å². The molecule has 158 valence electrons. The molecule has 0 saturated heterocycles. The maximum atomic E-state index is 13.3. The minimum atomic E-state index is -2.70. The molecule has 3 aliphatic rings. The minimum Gasteiger partial charge on any atom is -0.508 e. The number of hydrogen-bond donors (Lipinski definition) is 7. The maximum absolute atomic E-state index is 13.3. The van der Waals surface area contributed by atoms with Crippen molar-refractivity contribution in [2.75, 3.05) is 0 Å². The molecule has 1 aromatic rings. The second kappa shape index (κ2) is 6.39. The van der Waals surface area contributed by atoms with Crippen molar-refractivity contribution in [3.05, 3.63) is 45.7 Å². The molecule has 1 amide bonds. The number of phenols is 1. The van der Waals surface area contributed by atoms with Crippen molar-refractivity contribution in [2.45, 2.75) is 31.0 Å². The topological polar surface area (TPSA) is 210 Å². The molecule has 1 aromatic carbocycles. The maximum Gasteiger partial charge on any atom is 0.255 e. The lowest BCUT2D eigenvalue weighted by Crippen LogP contribution is -2.65. The van der Waals surface area contributed by atoms with Gasteiger partial charge >= 0.3 is 0 Å². The predicted molar refractivity (Wildman–Crippen MR) is 103 cm³/mol. The van der Waals surface area contributed by atoms with E-state index in [1.54, 1.807) is 6.07 Å². The fourth-order valence-corrected chi connectivity index (χ4v) is 4.97. The number of aliphatic hydroxyl groups excluding tert-OH is 2. The highest BCUT2D eigenvalue weighted by Gasteiger charge is 2.63. The van der Waals surface area contributed by atoms with Crippen molar-refractivity contribution >= 4 is 23.2 Å². The van der Waals surface area contributed by atoms with E-state index in [0.717, 1.165) is 0 Å². The fraction of sp³-hybridized carbons (Fsp3) is 0.350. The van der Waals surface area contributed by atoms with E-state index < -0.39 is 58.0 Å². The lowest BCUT2D eigenvalue weighted by molar-refractivity contribution is -0.149. The van der Waals surface area contributed by atoms with Crippen LogP contribution in [0.1, 0.15) is 23.1 Å². The molecule has 1 fully saturated rings. The number of hydrogen-bond acceptors (Lipinski definition) is 9. The van der Waals surface area contributed by atoms with Crippen LogP contribution in [0.4, 0.5) is 0 Å². The molecule has 10 nitrogen and oxygen atoms in total. The molecular weight excluding hydrogens is 394 g/mol. The number of ketones is 2. The molecule has 1 saturated carbocycles. The summed E-state index contributed by atoms with van der Waals surface area (Å²) in [6.07, 6.45) is 0.159. The van der Waals surface area contributed by atoms with Crippen molar-refractivity contribution < 1.29 is 34.8 Å². The number of benzene rings is 1. The van der Waals surface area contributed by atoms with Crippen LogP contribution in [-0.4, -0.2) is 49.5 Å². The van der Waals surface area contributed by atoms with E-state index in [1.807, 2.05) is 0 Å². The third-order valence-electron chi connectivity index (χ3n) is 6.45. The van der Waals surface area contributed by atoms with Crippen LogP contribution in [0.5, 0.6) is 5.75 Å². The van der Waals surface area contributed by atoms with Crippen LogP contribution >= 0.6 is 0 Å². The van der Waals surface area contributed by atoms with Gasteiger partial charge in [-0.25, -0.2) is 0 Å². The van der Waals surface area contributed by atoms with Gasteiger partial charge in [-0.1, -0.05) is 6.07 Å². The van der Waals surface area contributed by atoms with Crippen LogP contribution in [0, 0.1) is 11.8 Å². The average Bonchev–Trinajstić information content (AvgIpc) is 2.68. The van der Waals surface area contributed by atoms with Gasteiger partial charge in [-0.3, -0.25) is 14.4 Å². The molecule has 3 aliphatic carbocycles. The molecule has 10 N–H and O–H groups in total. The van der Waals surface area contributed by atoms with E-state index in [-0.39, 0.29) is 36.3 Å². The van der Waals surface area contributed by atoms with Crippen LogP contribution in [0.2, 0.25) is 0 Å². The van der Waals surface area contributed by atoms with Gasteiger partial charge in [0.15, 0.2) is 11.4 Å². The summed E-state index contributed by atoms with van der Waals surface area (Å²) >= 11 is 0. The highest BCUT2D eigenvalue weighted by atomic mass is 16.3. The Bertz CT molecular complexity index is 1090. The average molecular weight is 415 g/mol. The lowest BCUT2D eigenvalue weighted by atomic mass is 9.57. The van der Waals surface area contributed by atoms with Crippen molar-refractivity contribution in [1.29, 1.82) is 0 Å². The normalized spacial score (nSPS) is 30.7. The summed E-state index contributed by atoms with van der Waals surface area (Å²) in [6.45, 7) is 0.128. The SMILES string of the molecule is NCc1ccc(O)c2c1CC1CC3[C@H](N)C(=O)C(C(N)=O)=C(O)[C@@]3(O)C(=O)C1=C2O. The molecule has 10 heteroatoms. The second-order valence-corrected chi connectivity index (χ2v) is 7.88. The molecule has 4 rings (SSSR count). The van der Waals surface area contributed by atoms with Crippen molar-refractivity contribution in [3.63, 3.8) is 0 Å². The largest absolute Gasteiger partial charge is 0.508 e. The first-order valence-corrected chi connectivity index (χ1v) is 9.33. The van der Waals surface area contributed by atoms with Crippen LogP contribution in [-0.2, 0) is 27.3 Å². The predicted octanol–water partition coefficient (Wildman–Crippen LogP) is -1.18. The van der Waals surface area contributed by atoms with Gasteiger partial charge in [0.1, 0.15) is 22.8 Å². The van der Waals surface area contributed by atoms with E-state index in [9.17, 15) is 34.8 Å². The lowest BCUT2D eigenvalue weighted by Gasteiger charge is -2.48. The molecule has 4 atom stereocenters. The van der Waals surface area contributed by atoms with Gasteiger partial charge in [0, 0.05) is 18.0 Å². The van der Waals surface area contributed by atoms with Crippen molar-refractivity contribution in [2.24, 2.45) is 29.0 Å². The van der Waals surface area contributed by atoms with E-state index in [4.69, 9.17) is 17.2 Å². The van der Waals surface area contributed by atoms with Crippen LogP contribution in [0.25, 0.3) is 5.76 Å². The Morgan fingerprint density at radius 2 is 1.87 bits per heavy atom. The van der Waals surface area contributed by atoms with E-state index >= 15 is 0 Å². The number of Topliss-reactive ketones (excluding diaryl/α,β-unsaturated/α-hetero) is 2. The summed E-state index contributed by atoms with van der Waals surface area (Å²) in [7, 11) is 0. The van der Waals surface area contributed by atoms with Crippen LogP contribution in [0.3, 0.4) is 0 Å². The first-order valence-electron chi connectivity index (χ1n) is 9.33. The van der Waals surface area contributed by atoms with Crippen LogP contribution < -0.4 is 17.2 Å². The Morgan fingerprint density at radius 3 is 2.47 bits per heavy atom. The molecule has 0 aromatic heterocycles. The van der Waals surface area contributed by atoms with Crippen LogP contribution in [0.15, 0.2) is 29.0 Å². The Labute approximate surface area is 170 Å². The molecule has 30 heavy (non-hydrogen) atoms. The first kappa shape index (κ1) is 20.1. The van der Waals surface area contributed by atoms with Gasteiger partial charge in [0.05, 0.1) is 11.6 Å². The van der Waals surface area contributed by atoms with Gasteiger partial charge in [-0.05, 0) is 36.0 Å². The number of aliphatic hydroxyl groups is 3. The number of aromatic hydroxyl groups is 1. The summed E-state index contributed by atoms with van der Waals surface area (Å²) in [5, 5.41) is 42.8. The van der Waals surface area contributed by atoms with E-state index in [0.29, 0.717) is 11.1 Å². The molecule has 0 radical (unpaired) electrons. The first-order chi connectivity index (χ1) is 14.0. The smallest absolute Gasteiger partial charge is 0.255 e. The summed E-state index contributed by atoms with van der Waals surface area (Å²) < 4.78 is 0. The Balaban J connectivity index is 1.97. The fourth-order valence-electron chi connectivity index (χ4n) is 4.97. The quantitative estimate of drug-likeness (QED) is 0.289. The second-order valence-electron chi connectivity index (χ2n) is 7.88. The zero-order valence-corrected chi connectivity index (χ0v) is 15.8. The van der Waals surface area contributed by atoms with E-state index in [1.165, 1.54) is 6.07 Å². The molecule has 0 spiro atoms. The number of primary amides is 1. The standard InChI is InChI=1S/C20H21N3O7/c21-5-6-1-2-10(24)12-8(6)3-7-4-9-14(22)16(26)13(19(23)29)18(28)20(9,30)17(27)11(7)15(12)25/h1-2,7,9,14,24-25,28,30H,3-5,21-22H2,(H2,23,29)/t7?,9?,14-,20-/m0/s1. The number of carbonyl (C=O) groups excluding carboxylic acids is 3. The number of phenolic OH excluding ortho intramolecular Hbond substituents is 1. The molecular formula is C20H21N3O7. The summed E-state index contributed by atoms with van der Waals surface area (Å²) in [5.74, 6) is -7.26. The highest BCUT2D eigenvalue weighted by Crippen LogP contribution is 2.51. The number of nitrogens with two attached hydrogens (primary N) is 3. The molecule has 2 unspecified atom stereocenters. The molecule has 0 heterocycles. The Morgan fingerprint density at radius 1 is 1.20 bits per heavy atom. The van der Waals surface area contributed by atoms with Gasteiger partial charge in [-0.2, -0.15) is 0 Å². The number of rotatable bonds is 2. The minimum absolute atomic E-state index is 0.0226. The summed E-state index contributed by atoms with van der Waals surface area (Å²) in [5.41, 5.74) is 14.2. The number of fused-ring (bicyclic) bond motifs is 3. The van der Waals surface area contributed by atoms with Gasteiger partial charge in [0.25, 0.3) is 5.91 Å². The third-order valence-corrected chi connectivity index (χ3v) is 6.45. The molecule has 0 aliphatic heterocycles. The highest BCUT2D eigenvalue weighted by molar-refractivity contribution is 6.24. The van der Waals surface area contributed by atoms with Crippen molar-refractivity contribution in [3.8, 4) is 5.75 Å². The van der Waals surface area contributed by atoms with Gasteiger partial charge in [0.2, 0.25) is 5.78 Å². The third kappa shape index (κ3) is 2.32. The Kier molecular flexibility index (Phi) is 4.28. The Hall–Kier alpha value is -3.21. The monoisotopic (exact) mass is 415 g/mol. The number of carbonyl (C=O) groups is 3. The zero-order valence-electron chi connectivity index (χ0n) is 15.8. The van der Waals surface area contributed by atoms with Crippen molar-refractivity contribution in [1.82, 2.24) is 0 Å². The number of amides is 1. The summed E-state index contributed by atoms with van der Waals surface area (Å²) in [4.78, 5) is 37.5.